The van der Waals surface area contributed by atoms with Crippen molar-refractivity contribution >= 4 is 6.29 Å². The number of aldehydes is 1. The summed E-state index contributed by atoms with van der Waals surface area (Å²) in [6, 6.07) is 0. The van der Waals surface area contributed by atoms with Gasteiger partial charge in [-0.15, -0.1) is 0 Å². The van der Waals surface area contributed by atoms with Gasteiger partial charge >= 0.3 is 0 Å². The molecule has 5 heteroatoms. The zero-order valence-corrected chi connectivity index (χ0v) is 6.90. The van der Waals surface area contributed by atoms with Gasteiger partial charge in [0.25, 0.3) is 0 Å². The molecule has 0 aliphatic rings. The number of hydrogen-bond donors (Lipinski definition) is 3. The van der Waals surface area contributed by atoms with Crippen LogP contribution in [0.25, 0.3) is 0 Å². The van der Waals surface area contributed by atoms with E-state index in [1.807, 2.05) is 0 Å². The third-order valence-electron chi connectivity index (χ3n) is 1.60. The maximum Gasteiger partial charge on any atom is 0.132 e. The summed E-state index contributed by atoms with van der Waals surface area (Å²) in [4.78, 5) is 10.5. The number of aliphatic hydroxyl groups is 2. The normalized spacial score (nSPS) is 15.6. The Labute approximate surface area is 71.1 Å². The second-order valence-corrected chi connectivity index (χ2v) is 2.62. The Bertz CT molecular complexity index is 125. The zero-order chi connectivity index (χ0) is 9.45. The highest BCUT2D eigenvalue weighted by Gasteiger charge is 2.27. The van der Waals surface area contributed by atoms with Crippen LogP contribution in [0.5, 0.6) is 0 Å². The van der Waals surface area contributed by atoms with Crippen molar-refractivity contribution in [2.24, 2.45) is 11.1 Å². The Morgan fingerprint density at radius 3 is 2.50 bits per heavy atom. The fourth-order valence-corrected chi connectivity index (χ4v) is 0.629. The molecular weight excluding hydrogens is 162 g/mol. The summed E-state index contributed by atoms with van der Waals surface area (Å²) >= 11 is 0. The summed E-state index contributed by atoms with van der Waals surface area (Å²) in [5.41, 5.74) is 4.27. The van der Waals surface area contributed by atoms with Crippen LogP contribution in [0.2, 0.25) is 0 Å². The first-order valence-electron chi connectivity index (χ1n) is 3.70. The second-order valence-electron chi connectivity index (χ2n) is 2.62. The van der Waals surface area contributed by atoms with Gasteiger partial charge in [-0.3, -0.25) is 0 Å². The van der Waals surface area contributed by atoms with E-state index >= 15 is 0 Å². The first-order valence-corrected chi connectivity index (χ1v) is 3.70. The number of hydrogen-bond acceptors (Lipinski definition) is 5. The zero-order valence-electron chi connectivity index (χ0n) is 6.90. The standard InChI is InChI=1S/C7H15NO4/c8-3-7(4-10,5-11)6-12-2-1-9/h4,9,11H,1-3,5-6,8H2/t7-/m0/s1. The monoisotopic (exact) mass is 177 g/mol. The maximum atomic E-state index is 10.5. The lowest BCUT2D eigenvalue weighted by molar-refractivity contribution is -0.122. The molecule has 72 valence electrons. The minimum Gasteiger partial charge on any atom is -0.395 e. The quantitative estimate of drug-likeness (QED) is 0.313. The van der Waals surface area contributed by atoms with Gasteiger partial charge in [0, 0.05) is 6.54 Å². The minimum absolute atomic E-state index is 0.0401. The van der Waals surface area contributed by atoms with E-state index < -0.39 is 5.41 Å². The summed E-state index contributed by atoms with van der Waals surface area (Å²) in [5, 5.41) is 17.2. The van der Waals surface area contributed by atoms with Gasteiger partial charge in [-0.1, -0.05) is 0 Å². The molecular formula is C7H15NO4. The van der Waals surface area contributed by atoms with E-state index in [1.165, 1.54) is 0 Å². The van der Waals surface area contributed by atoms with Gasteiger partial charge in [0.15, 0.2) is 0 Å². The number of rotatable bonds is 7. The fourth-order valence-electron chi connectivity index (χ4n) is 0.629. The fraction of sp³-hybridized carbons (Fsp3) is 0.857. The van der Waals surface area contributed by atoms with Crippen LogP contribution in [0.15, 0.2) is 0 Å². The average Bonchev–Trinajstić information content (AvgIpc) is 2.14. The van der Waals surface area contributed by atoms with Gasteiger partial charge < -0.3 is 25.5 Å². The van der Waals surface area contributed by atoms with Gasteiger partial charge in [0.1, 0.15) is 6.29 Å². The molecule has 0 saturated heterocycles. The van der Waals surface area contributed by atoms with Gasteiger partial charge in [-0.2, -0.15) is 0 Å². The van der Waals surface area contributed by atoms with Crippen LogP contribution >= 0.6 is 0 Å². The summed E-state index contributed by atoms with van der Waals surface area (Å²) in [5.74, 6) is 0. The highest BCUT2D eigenvalue weighted by molar-refractivity contribution is 5.60. The van der Waals surface area contributed by atoms with Crippen LogP contribution in [0.4, 0.5) is 0 Å². The molecule has 0 aliphatic carbocycles. The second kappa shape index (κ2) is 6.07. The van der Waals surface area contributed by atoms with Gasteiger partial charge in [-0.05, 0) is 0 Å². The molecule has 1 atom stereocenters. The molecule has 0 unspecified atom stereocenters. The number of nitrogens with two attached hydrogens (primary N) is 1. The highest BCUT2D eigenvalue weighted by atomic mass is 16.5. The Hall–Kier alpha value is -0.490. The van der Waals surface area contributed by atoms with Crippen LogP contribution < -0.4 is 5.73 Å². The van der Waals surface area contributed by atoms with Crippen molar-refractivity contribution in [1.29, 1.82) is 0 Å². The molecule has 12 heavy (non-hydrogen) atoms. The van der Waals surface area contributed by atoms with E-state index in [0.29, 0.717) is 6.29 Å². The molecule has 0 spiro atoms. The molecule has 0 aliphatic heterocycles. The number of carbonyl (C=O) groups is 1. The summed E-state index contributed by atoms with van der Waals surface area (Å²) in [7, 11) is 0. The molecule has 0 heterocycles. The van der Waals surface area contributed by atoms with E-state index in [0.717, 1.165) is 0 Å². The van der Waals surface area contributed by atoms with Gasteiger partial charge in [-0.25, -0.2) is 0 Å². The third-order valence-corrected chi connectivity index (χ3v) is 1.60. The van der Waals surface area contributed by atoms with Crippen molar-refractivity contribution in [3.8, 4) is 0 Å². The Kier molecular flexibility index (Phi) is 5.83. The number of ether oxygens (including phenoxy) is 1. The predicted molar refractivity (Wildman–Crippen MR) is 42.5 cm³/mol. The van der Waals surface area contributed by atoms with Crippen molar-refractivity contribution in [3.05, 3.63) is 0 Å². The van der Waals surface area contributed by atoms with Crippen LogP contribution in [0.3, 0.4) is 0 Å². The molecule has 0 bridgehead atoms. The number of aliphatic hydroxyl groups excluding tert-OH is 2. The molecule has 0 aromatic carbocycles. The lowest BCUT2D eigenvalue weighted by Crippen LogP contribution is -2.40. The van der Waals surface area contributed by atoms with E-state index in [4.69, 9.17) is 20.7 Å². The van der Waals surface area contributed by atoms with Crippen LogP contribution in [0.1, 0.15) is 0 Å². The third kappa shape index (κ3) is 3.27. The van der Waals surface area contributed by atoms with Crippen molar-refractivity contribution < 1.29 is 19.7 Å². The molecule has 0 amide bonds. The van der Waals surface area contributed by atoms with E-state index in [9.17, 15) is 4.79 Å². The van der Waals surface area contributed by atoms with Crippen molar-refractivity contribution in [2.75, 3.05) is 33.0 Å². The van der Waals surface area contributed by atoms with E-state index in [-0.39, 0.29) is 33.0 Å². The topological polar surface area (TPSA) is 92.8 Å². The summed E-state index contributed by atoms with van der Waals surface area (Å²) in [6.45, 7) is -0.207. The minimum atomic E-state index is -1.00. The van der Waals surface area contributed by atoms with E-state index in [2.05, 4.69) is 0 Å². The molecule has 0 aromatic heterocycles. The Balaban J connectivity index is 3.84. The molecule has 5 nitrogen and oxygen atoms in total. The first-order chi connectivity index (χ1) is 5.74. The van der Waals surface area contributed by atoms with Crippen LogP contribution in [-0.2, 0) is 9.53 Å². The van der Waals surface area contributed by atoms with Crippen LogP contribution in [0, 0.1) is 5.41 Å². The highest BCUT2D eigenvalue weighted by Crippen LogP contribution is 2.10. The molecule has 0 saturated carbocycles. The lowest BCUT2D eigenvalue weighted by Gasteiger charge is -2.22. The smallest absolute Gasteiger partial charge is 0.132 e. The van der Waals surface area contributed by atoms with Crippen LogP contribution in [-0.4, -0.2) is 49.5 Å². The lowest BCUT2D eigenvalue weighted by atomic mass is 9.93. The predicted octanol–water partition coefficient (Wildman–Crippen LogP) is -1.87. The van der Waals surface area contributed by atoms with E-state index in [1.54, 1.807) is 0 Å². The molecule has 4 N–H and O–H groups in total. The molecule has 0 radical (unpaired) electrons. The van der Waals surface area contributed by atoms with Crippen molar-refractivity contribution in [3.63, 3.8) is 0 Å². The van der Waals surface area contributed by atoms with Crippen molar-refractivity contribution in [2.45, 2.75) is 0 Å². The Morgan fingerprint density at radius 2 is 2.17 bits per heavy atom. The largest absolute Gasteiger partial charge is 0.395 e. The van der Waals surface area contributed by atoms with Gasteiger partial charge in [0.2, 0.25) is 0 Å². The SMILES string of the molecule is NC[C@](C=O)(CO)COCCO. The first kappa shape index (κ1) is 11.5. The summed E-state index contributed by atoms with van der Waals surface area (Å²) in [6.07, 6.45) is 0.588. The average molecular weight is 177 g/mol. The molecule has 0 fully saturated rings. The van der Waals surface area contributed by atoms with Crippen molar-refractivity contribution in [1.82, 2.24) is 0 Å². The summed E-state index contributed by atoms with van der Waals surface area (Å²) < 4.78 is 4.90. The molecule has 0 rings (SSSR count). The Morgan fingerprint density at radius 1 is 1.50 bits per heavy atom. The maximum absolute atomic E-state index is 10.5. The van der Waals surface area contributed by atoms with Gasteiger partial charge in [0.05, 0.1) is 31.8 Å². The molecule has 0 aromatic rings. The number of carbonyl (C=O) groups excluding carboxylic acids is 1.